The number of carbonyl (C=O) groups is 3. The van der Waals surface area contributed by atoms with Gasteiger partial charge < -0.3 is 19.7 Å². The van der Waals surface area contributed by atoms with Gasteiger partial charge in [-0.15, -0.1) is 0 Å². The fourth-order valence-corrected chi connectivity index (χ4v) is 3.52. The van der Waals surface area contributed by atoms with Crippen molar-refractivity contribution in [2.45, 2.75) is 20.4 Å². The van der Waals surface area contributed by atoms with Crippen LogP contribution in [-0.4, -0.2) is 50.0 Å². The molecular weight excluding hydrogens is 420 g/mol. The summed E-state index contributed by atoms with van der Waals surface area (Å²) in [5.41, 5.74) is 3.35. The zero-order chi connectivity index (χ0) is 24.0. The van der Waals surface area contributed by atoms with Crippen molar-refractivity contribution in [3.05, 3.63) is 76.9 Å². The van der Waals surface area contributed by atoms with Crippen molar-refractivity contribution in [2.24, 2.45) is 0 Å². The number of ether oxygens (including phenoxy) is 2. The van der Waals surface area contributed by atoms with E-state index >= 15 is 0 Å². The van der Waals surface area contributed by atoms with Gasteiger partial charge in [0.1, 0.15) is 12.3 Å². The first-order chi connectivity index (χ1) is 15.7. The molecule has 0 radical (unpaired) electrons. The average molecular weight is 449 g/mol. The van der Waals surface area contributed by atoms with Crippen molar-refractivity contribution < 1.29 is 23.9 Å². The summed E-state index contributed by atoms with van der Waals surface area (Å²) in [5.74, 6) is -0.585. The Morgan fingerprint density at radius 1 is 0.909 bits per heavy atom. The number of nitrogens with one attached hydrogen (secondary N) is 1. The number of benzene rings is 3. The van der Waals surface area contributed by atoms with E-state index in [2.05, 4.69) is 5.32 Å². The highest BCUT2D eigenvalue weighted by atomic mass is 16.5. The number of fused-ring (bicyclic) bond motifs is 1. The Bertz CT molecular complexity index is 1170. The molecular formula is C26H28N2O5. The summed E-state index contributed by atoms with van der Waals surface area (Å²) in [5, 5.41) is 4.61. The molecule has 0 spiro atoms. The number of hydrogen-bond donors (Lipinski definition) is 1. The Kier molecular flexibility index (Phi) is 7.66. The first kappa shape index (κ1) is 23.8. The Hall–Kier alpha value is -3.87. The molecule has 172 valence electrons. The van der Waals surface area contributed by atoms with Crippen LogP contribution in [0.5, 0.6) is 5.75 Å². The summed E-state index contributed by atoms with van der Waals surface area (Å²) in [6.07, 6.45) is 0. The Morgan fingerprint density at radius 2 is 1.58 bits per heavy atom. The van der Waals surface area contributed by atoms with Crippen LogP contribution in [0.2, 0.25) is 0 Å². The van der Waals surface area contributed by atoms with Crippen LogP contribution in [-0.2, 0) is 20.9 Å². The van der Waals surface area contributed by atoms with Crippen molar-refractivity contribution in [3.8, 4) is 5.75 Å². The van der Waals surface area contributed by atoms with Gasteiger partial charge in [0.25, 0.3) is 11.8 Å². The maximum absolute atomic E-state index is 12.4. The van der Waals surface area contributed by atoms with E-state index in [-0.39, 0.29) is 25.0 Å². The van der Waals surface area contributed by atoms with Crippen LogP contribution >= 0.6 is 0 Å². The summed E-state index contributed by atoms with van der Waals surface area (Å²) < 4.78 is 10.3. The third kappa shape index (κ3) is 6.55. The first-order valence-corrected chi connectivity index (χ1v) is 10.6. The van der Waals surface area contributed by atoms with E-state index in [1.807, 2.05) is 56.3 Å². The van der Waals surface area contributed by atoms with Crippen LogP contribution in [0, 0.1) is 13.8 Å². The van der Waals surface area contributed by atoms with E-state index in [9.17, 15) is 14.4 Å². The van der Waals surface area contributed by atoms with Gasteiger partial charge in [-0.3, -0.25) is 14.4 Å². The molecule has 0 unspecified atom stereocenters. The van der Waals surface area contributed by atoms with Gasteiger partial charge in [0.15, 0.2) is 6.61 Å². The second kappa shape index (κ2) is 10.6. The van der Waals surface area contributed by atoms with Gasteiger partial charge in [0.2, 0.25) is 0 Å². The molecule has 3 aromatic carbocycles. The van der Waals surface area contributed by atoms with E-state index in [0.29, 0.717) is 12.1 Å². The van der Waals surface area contributed by atoms with Crippen LogP contribution in [0.1, 0.15) is 27.0 Å². The lowest BCUT2D eigenvalue weighted by atomic mass is 10.1. The van der Waals surface area contributed by atoms with Crippen LogP contribution < -0.4 is 10.1 Å². The molecule has 33 heavy (non-hydrogen) atoms. The minimum absolute atomic E-state index is 0.309. The normalized spacial score (nSPS) is 10.5. The standard InChI is InChI=1S/C26H28N2O5/c1-17-9-18(2)11-22(10-17)26(31)27-14-25(30)33-16-24(29)28(3)15-19-5-6-21-13-23(32-4)8-7-20(21)12-19/h5-13H,14-16H2,1-4H3,(H,27,31). The minimum Gasteiger partial charge on any atom is -0.497 e. The molecule has 3 rings (SSSR count). The SMILES string of the molecule is COc1ccc2cc(CN(C)C(=O)COC(=O)CNC(=O)c3cc(C)cc(C)c3)ccc2c1. The lowest BCUT2D eigenvalue weighted by Gasteiger charge is -2.17. The molecule has 7 nitrogen and oxygen atoms in total. The molecule has 0 atom stereocenters. The fourth-order valence-electron chi connectivity index (χ4n) is 3.52. The van der Waals surface area contributed by atoms with Crippen LogP contribution in [0.4, 0.5) is 0 Å². The predicted octanol–water partition coefficient (Wildman–Crippen LogP) is 3.40. The van der Waals surface area contributed by atoms with E-state index in [1.165, 1.54) is 4.90 Å². The fraction of sp³-hybridized carbons (Fsp3) is 0.269. The molecule has 0 aromatic heterocycles. The van der Waals surface area contributed by atoms with Crippen LogP contribution in [0.15, 0.2) is 54.6 Å². The van der Waals surface area contributed by atoms with Crippen molar-refractivity contribution in [2.75, 3.05) is 27.3 Å². The topological polar surface area (TPSA) is 84.9 Å². The van der Waals surface area contributed by atoms with E-state index < -0.39 is 5.97 Å². The average Bonchev–Trinajstić information content (AvgIpc) is 2.79. The number of nitrogens with zero attached hydrogens (tertiary/aromatic N) is 1. The van der Waals surface area contributed by atoms with E-state index in [1.54, 1.807) is 26.3 Å². The van der Waals surface area contributed by atoms with Crippen LogP contribution in [0.3, 0.4) is 0 Å². The van der Waals surface area contributed by atoms with Gasteiger partial charge in [-0.25, -0.2) is 0 Å². The summed E-state index contributed by atoms with van der Waals surface area (Å²) in [4.78, 5) is 38.1. The Labute approximate surface area is 193 Å². The summed E-state index contributed by atoms with van der Waals surface area (Å²) in [6.45, 7) is 3.47. The third-order valence-electron chi connectivity index (χ3n) is 5.19. The lowest BCUT2D eigenvalue weighted by molar-refractivity contribution is -0.150. The zero-order valence-electron chi connectivity index (χ0n) is 19.3. The number of carbonyl (C=O) groups excluding carboxylic acids is 3. The molecule has 0 aliphatic rings. The highest BCUT2D eigenvalue weighted by Gasteiger charge is 2.14. The molecule has 2 amide bonds. The summed E-state index contributed by atoms with van der Waals surface area (Å²) >= 11 is 0. The zero-order valence-corrected chi connectivity index (χ0v) is 19.3. The molecule has 0 saturated carbocycles. The molecule has 0 aliphatic heterocycles. The van der Waals surface area contributed by atoms with Crippen molar-refractivity contribution in [1.29, 1.82) is 0 Å². The smallest absolute Gasteiger partial charge is 0.325 e. The van der Waals surface area contributed by atoms with Crippen LogP contribution in [0.25, 0.3) is 10.8 Å². The van der Waals surface area contributed by atoms with Gasteiger partial charge >= 0.3 is 5.97 Å². The maximum Gasteiger partial charge on any atom is 0.325 e. The van der Waals surface area contributed by atoms with Gasteiger partial charge in [-0.2, -0.15) is 0 Å². The van der Waals surface area contributed by atoms with Gasteiger partial charge in [-0.1, -0.05) is 35.4 Å². The second-order valence-electron chi connectivity index (χ2n) is 8.02. The number of likely N-dealkylation sites (N-methyl/N-ethyl adjacent to an activating group) is 1. The number of methoxy groups -OCH3 is 1. The number of esters is 1. The van der Waals surface area contributed by atoms with Gasteiger partial charge in [-0.05, 0) is 60.5 Å². The number of rotatable bonds is 8. The van der Waals surface area contributed by atoms with Crippen molar-refractivity contribution in [3.63, 3.8) is 0 Å². The van der Waals surface area contributed by atoms with Gasteiger partial charge in [0.05, 0.1) is 7.11 Å². The predicted molar refractivity (Wildman–Crippen MR) is 126 cm³/mol. The Balaban J connectivity index is 1.47. The highest BCUT2D eigenvalue weighted by Crippen LogP contribution is 2.22. The summed E-state index contributed by atoms with van der Waals surface area (Å²) in [6, 6.07) is 17.2. The highest BCUT2D eigenvalue weighted by molar-refractivity contribution is 5.96. The second-order valence-corrected chi connectivity index (χ2v) is 8.02. The van der Waals surface area contributed by atoms with Crippen molar-refractivity contribution >= 4 is 28.6 Å². The molecule has 0 aliphatic carbocycles. The molecule has 0 saturated heterocycles. The quantitative estimate of drug-likeness (QED) is 0.534. The molecule has 1 N–H and O–H groups in total. The minimum atomic E-state index is -0.672. The number of hydrogen-bond acceptors (Lipinski definition) is 5. The van der Waals surface area contributed by atoms with Gasteiger partial charge in [0, 0.05) is 19.2 Å². The third-order valence-corrected chi connectivity index (χ3v) is 5.19. The lowest BCUT2D eigenvalue weighted by Crippen LogP contribution is -2.34. The maximum atomic E-state index is 12.4. The van der Waals surface area contributed by atoms with Crippen molar-refractivity contribution in [1.82, 2.24) is 10.2 Å². The Morgan fingerprint density at radius 3 is 2.27 bits per heavy atom. The largest absolute Gasteiger partial charge is 0.497 e. The summed E-state index contributed by atoms with van der Waals surface area (Å²) in [7, 11) is 3.28. The molecule has 0 bridgehead atoms. The monoisotopic (exact) mass is 448 g/mol. The van der Waals surface area contributed by atoms with E-state index in [0.717, 1.165) is 33.2 Å². The molecule has 0 fully saturated rings. The number of aryl methyl sites for hydroxylation is 2. The number of amides is 2. The van der Waals surface area contributed by atoms with E-state index in [4.69, 9.17) is 9.47 Å². The molecule has 7 heteroatoms. The first-order valence-electron chi connectivity index (χ1n) is 10.6. The molecule has 0 heterocycles. The molecule has 3 aromatic rings.